The van der Waals surface area contributed by atoms with Crippen molar-refractivity contribution in [2.75, 3.05) is 6.61 Å². The Balaban J connectivity index is 1.57. The third-order valence-electron chi connectivity index (χ3n) is 3.39. The van der Waals surface area contributed by atoms with E-state index in [4.69, 9.17) is 0 Å². The summed E-state index contributed by atoms with van der Waals surface area (Å²) in [6.45, 7) is -1.32. The molecule has 0 aliphatic carbocycles. The maximum atomic E-state index is 12.2. The fourth-order valence-electron chi connectivity index (χ4n) is 2.14. The molecule has 1 amide bonds. The van der Waals surface area contributed by atoms with Crippen molar-refractivity contribution in [2.45, 2.75) is 12.7 Å². The van der Waals surface area contributed by atoms with Crippen LogP contribution in [0.15, 0.2) is 55.1 Å². The Bertz CT molecular complexity index is 896. The number of carbonyl (C=O) groups excluding carboxylic acids is 1. The van der Waals surface area contributed by atoms with Gasteiger partial charge in [-0.1, -0.05) is 0 Å². The molecule has 0 aliphatic rings. The van der Waals surface area contributed by atoms with Crippen LogP contribution >= 0.6 is 0 Å². The van der Waals surface area contributed by atoms with E-state index in [-0.39, 0.29) is 18.3 Å². The highest BCUT2D eigenvalue weighted by molar-refractivity contribution is 5.93. The van der Waals surface area contributed by atoms with Gasteiger partial charge in [0, 0.05) is 37.4 Å². The van der Waals surface area contributed by atoms with E-state index in [1.165, 1.54) is 18.5 Å². The predicted molar refractivity (Wildman–Crippen MR) is 88.3 cm³/mol. The monoisotopic (exact) mass is 377 g/mol. The third-order valence-corrected chi connectivity index (χ3v) is 3.39. The van der Waals surface area contributed by atoms with E-state index in [0.29, 0.717) is 16.9 Å². The van der Waals surface area contributed by atoms with Crippen LogP contribution in [0.2, 0.25) is 0 Å². The SMILES string of the molecule is O=C(NCc1ccnc(OCC(F)(F)F)c1)c1ccc(-n2cccn2)nc1. The van der Waals surface area contributed by atoms with Gasteiger partial charge in [-0.25, -0.2) is 14.6 Å². The largest absolute Gasteiger partial charge is 0.468 e. The Morgan fingerprint density at radius 1 is 1.19 bits per heavy atom. The van der Waals surface area contributed by atoms with Crippen molar-refractivity contribution in [3.8, 4) is 11.7 Å². The van der Waals surface area contributed by atoms with Crippen molar-refractivity contribution in [3.05, 3.63) is 66.2 Å². The molecule has 27 heavy (non-hydrogen) atoms. The van der Waals surface area contributed by atoms with Crippen LogP contribution in [0.3, 0.4) is 0 Å². The van der Waals surface area contributed by atoms with Crippen molar-refractivity contribution in [1.82, 2.24) is 25.1 Å². The van der Waals surface area contributed by atoms with Gasteiger partial charge in [0.15, 0.2) is 12.4 Å². The lowest BCUT2D eigenvalue weighted by Crippen LogP contribution is -2.23. The highest BCUT2D eigenvalue weighted by Gasteiger charge is 2.28. The van der Waals surface area contributed by atoms with E-state index in [0.717, 1.165) is 0 Å². The number of alkyl halides is 3. The molecular formula is C17H14F3N5O2. The first-order valence-corrected chi connectivity index (χ1v) is 7.79. The number of nitrogens with zero attached hydrogens (tertiary/aromatic N) is 4. The van der Waals surface area contributed by atoms with Crippen molar-refractivity contribution in [3.63, 3.8) is 0 Å². The Labute approximate surface area is 151 Å². The lowest BCUT2D eigenvalue weighted by atomic mass is 10.2. The van der Waals surface area contributed by atoms with Crippen LogP contribution in [0.25, 0.3) is 5.82 Å². The zero-order valence-corrected chi connectivity index (χ0v) is 13.8. The van der Waals surface area contributed by atoms with Gasteiger partial charge in [0.25, 0.3) is 5.91 Å². The first-order chi connectivity index (χ1) is 12.9. The number of amides is 1. The average Bonchev–Trinajstić information content (AvgIpc) is 3.19. The molecule has 1 N–H and O–H groups in total. The number of halogens is 3. The summed E-state index contributed by atoms with van der Waals surface area (Å²) in [5.41, 5.74) is 0.894. The molecule has 0 spiro atoms. The van der Waals surface area contributed by atoms with Crippen LogP contribution in [0.5, 0.6) is 5.88 Å². The van der Waals surface area contributed by atoms with Crippen LogP contribution in [0, 0.1) is 0 Å². The van der Waals surface area contributed by atoms with Gasteiger partial charge in [0.2, 0.25) is 5.88 Å². The van der Waals surface area contributed by atoms with Crippen LogP contribution < -0.4 is 10.1 Å². The number of aromatic nitrogens is 4. The molecule has 3 aromatic rings. The second-order valence-electron chi connectivity index (χ2n) is 5.44. The number of rotatable bonds is 6. The minimum atomic E-state index is -4.44. The fraction of sp³-hybridized carbons (Fsp3) is 0.176. The molecule has 140 valence electrons. The molecule has 0 aliphatic heterocycles. The number of hydrogen-bond acceptors (Lipinski definition) is 5. The Morgan fingerprint density at radius 2 is 2.04 bits per heavy atom. The third kappa shape index (κ3) is 5.27. The second-order valence-corrected chi connectivity index (χ2v) is 5.44. The molecule has 3 heterocycles. The van der Waals surface area contributed by atoms with Crippen molar-refractivity contribution in [1.29, 1.82) is 0 Å². The predicted octanol–water partition coefficient (Wildman–Crippen LogP) is 2.53. The molecule has 0 unspecified atom stereocenters. The summed E-state index contributed by atoms with van der Waals surface area (Å²) >= 11 is 0. The molecule has 0 saturated heterocycles. The highest BCUT2D eigenvalue weighted by Crippen LogP contribution is 2.17. The molecule has 3 rings (SSSR count). The van der Waals surface area contributed by atoms with Gasteiger partial charge in [0.1, 0.15) is 0 Å². The summed E-state index contributed by atoms with van der Waals surface area (Å²) in [7, 11) is 0. The average molecular weight is 377 g/mol. The van der Waals surface area contributed by atoms with Gasteiger partial charge >= 0.3 is 6.18 Å². The Kier molecular flexibility index (Phi) is 5.34. The van der Waals surface area contributed by atoms with E-state index >= 15 is 0 Å². The van der Waals surface area contributed by atoms with Gasteiger partial charge in [-0.05, 0) is 29.8 Å². The van der Waals surface area contributed by atoms with Gasteiger partial charge < -0.3 is 10.1 Å². The van der Waals surface area contributed by atoms with E-state index in [1.54, 1.807) is 41.3 Å². The van der Waals surface area contributed by atoms with Crippen LogP contribution in [-0.4, -0.2) is 38.4 Å². The summed E-state index contributed by atoms with van der Waals surface area (Å²) in [4.78, 5) is 20.1. The Morgan fingerprint density at radius 3 is 2.70 bits per heavy atom. The Hall–Kier alpha value is -3.43. The molecule has 0 saturated carbocycles. The second kappa shape index (κ2) is 7.85. The summed E-state index contributed by atoms with van der Waals surface area (Å²) in [5, 5.41) is 6.70. The van der Waals surface area contributed by atoms with Gasteiger partial charge in [-0.3, -0.25) is 4.79 Å². The first kappa shape index (κ1) is 18.4. The topological polar surface area (TPSA) is 81.9 Å². The van der Waals surface area contributed by atoms with Gasteiger partial charge in [-0.15, -0.1) is 0 Å². The van der Waals surface area contributed by atoms with Crippen molar-refractivity contribution < 1.29 is 22.7 Å². The molecule has 7 nitrogen and oxygen atoms in total. The minimum Gasteiger partial charge on any atom is -0.468 e. The highest BCUT2D eigenvalue weighted by atomic mass is 19.4. The van der Waals surface area contributed by atoms with E-state index in [9.17, 15) is 18.0 Å². The van der Waals surface area contributed by atoms with Crippen LogP contribution in [0.1, 0.15) is 15.9 Å². The van der Waals surface area contributed by atoms with Crippen LogP contribution in [-0.2, 0) is 6.54 Å². The standard InChI is InChI=1S/C17H14F3N5O2/c18-17(19,20)11-27-15-8-12(4-6-21-15)9-23-16(26)13-2-3-14(22-10-13)25-7-1-5-24-25/h1-8,10H,9,11H2,(H,23,26). The lowest BCUT2D eigenvalue weighted by molar-refractivity contribution is -0.154. The maximum Gasteiger partial charge on any atom is 0.422 e. The number of hydrogen-bond donors (Lipinski definition) is 1. The normalized spacial score (nSPS) is 11.2. The summed E-state index contributed by atoms with van der Waals surface area (Å²) in [6, 6.07) is 7.91. The zero-order valence-electron chi connectivity index (χ0n) is 13.8. The molecule has 10 heteroatoms. The molecule has 0 fully saturated rings. The van der Waals surface area contributed by atoms with Crippen LogP contribution in [0.4, 0.5) is 13.2 Å². The lowest BCUT2D eigenvalue weighted by Gasteiger charge is -2.10. The summed E-state index contributed by atoms with van der Waals surface area (Å²) in [5.74, 6) is 0.0329. The first-order valence-electron chi connectivity index (χ1n) is 7.79. The zero-order chi connectivity index (χ0) is 19.3. The number of nitrogens with one attached hydrogen (secondary N) is 1. The molecule has 0 bridgehead atoms. The molecule has 0 radical (unpaired) electrons. The maximum absolute atomic E-state index is 12.2. The van der Waals surface area contributed by atoms with Gasteiger partial charge in [0.05, 0.1) is 5.56 Å². The molecular weight excluding hydrogens is 363 g/mol. The quantitative estimate of drug-likeness (QED) is 0.714. The van der Waals surface area contributed by atoms with E-state index in [1.807, 2.05) is 0 Å². The smallest absolute Gasteiger partial charge is 0.422 e. The minimum absolute atomic E-state index is 0.102. The van der Waals surface area contributed by atoms with Gasteiger partial charge in [-0.2, -0.15) is 18.3 Å². The number of pyridine rings is 2. The van der Waals surface area contributed by atoms with Crippen molar-refractivity contribution >= 4 is 5.91 Å². The van der Waals surface area contributed by atoms with E-state index < -0.39 is 12.8 Å². The molecule has 0 atom stereocenters. The summed E-state index contributed by atoms with van der Waals surface area (Å²) in [6.07, 6.45) is 1.62. The molecule has 0 aromatic carbocycles. The number of ether oxygens (including phenoxy) is 1. The van der Waals surface area contributed by atoms with E-state index in [2.05, 4.69) is 25.1 Å². The number of carbonyl (C=O) groups is 1. The van der Waals surface area contributed by atoms with Crippen molar-refractivity contribution in [2.24, 2.45) is 0 Å². The summed E-state index contributed by atoms with van der Waals surface area (Å²) < 4.78 is 42.7. The molecule has 3 aromatic heterocycles. The fourth-order valence-corrected chi connectivity index (χ4v) is 2.14.